The lowest BCUT2D eigenvalue weighted by Crippen LogP contribution is -2.15. The molecule has 1 amide bonds. The molecule has 2 aromatic carbocycles. The Kier molecular flexibility index (Phi) is 8.61. The Morgan fingerprint density at radius 2 is 1.77 bits per heavy atom. The van der Waals surface area contributed by atoms with Gasteiger partial charge in [-0.1, -0.05) is 6.07 Å². The van der Waals surface area contributed by atoms with Gasteiger partial charge in [0.05, 0.1) is 25.1 Å². The monoisotopic (exact) mass is 479 g/mol. The summed E-state index contributed by atoms with van der Waals surface area (Å²) >= 11 is 0. The summed E-state index contributed by atoms with van der Waals surface area (Å²) in [6.07, 6.45) is 0.839. The number of anilines is 1. The van der Waals surface area contributed by atoms with Crippen molar-refractivity contribution >= 4 is 23.5 Å². The standard InChI is InChI=1S/C26H29N3O6/c1-5-34-25(31)16-35-22-8-6-7-20(15-22)27-26(32)19-9-11-21(12-10-19)29-18(3)23(17(2)28-29)13-14-24(30)33-4/h6-12,15H,5,13-14,16H2,1-4H3,(H,27,32). The van der Waals surface area contributed by atoms with Gasteiger partial charge in [-0.3, -0.25) is 9.59 Å². The summed E-state index contributed by atoms with van der Waals surface area (Å²) in [5, 5.41) is 7.42. The van der Waals surface area contributed by atoms with Crippen LogP contribution in [0, 0.1) is 13.8 Å². The average Bonchev–Trinajstić information content (AvgIpc) is 3.14. The lowest BCUT2D eigenvalue weighted by atomic mass is 10.1. The fraction of sp³-hybridized carbons (Fsp3) is 0.308. The molecule has 0 radical (unpaired) electrons. The molecule has 9 heteroatoms. The quantitative estimate of drug-likeness (QED) is 0.441. The van der Waals surface area contributed by atoms with Crippen molar-refractivity contribution in [2.45, 2.75) is 33.6 Å². The van der Waals surface area contributed by atoms with Crippen LogP contribution in [0.25, 0.3) is 5.69 Å². The molecule has 0 aliphatic heterocycles. The SMILES string of the molecule is CCOC(=O)COc1cccc(NC(=O)c2ccc(-n3nc(C)c(CCC(=O)OC)c3C)cc2)c1. The van der Waals surface area contributed by atoms with Gasteiger partial charge in [-0.25, -0.2) is 9.48 Å². The molecule has 0 atom stereocenters. The van der Waals surface area contributed by atoms with Crippen LogP contribution in [0.4, 0.5) is 5.69 Å². The lowest BCUT2D eigenvalue weighted by Gasteiger charge is -2.10. The largest absolute Gasteiger partial charge is 0.482 e. The highest BCUT2D eigenvalue weighted by molar-refractivity contribution is 6.04. The molecule has 1 N–H and O–H groups in total. The third-order valence-corrected chi connectivity index (χ3v) is 5.38. The van der Waals surface area contributed by atoms with E-state index >= 15 is 0 Å². The average molecular weight is 480 g/mol. The molecule has 1 aromatic heterocycles. The van der Waals surface area contributed by atoms with Crippen molar-refractivity contribution in [2.75, 3.05) is 25.6 Å². The molecule has 0 saturated heterocycles. The fourth-order valence-corrected chi connectivity index (χ4v) is 3.58. The van der Waals surface area contributed by atoms with E-state index in [1.165, 1.54) is 7.11 Å². The third-order valence-electron chi connectivity index (χ3n) is 5.38. The number of nitrogens with zero attached hydrogens (tertiary/aromatic N) is 2. The van der Waals surface area contributed by atoms with Crippen molar-refractivity contribution in [3.05, 3.63) is 71.0 Å². The maximum Gasteiger partial charge on any atom is 0.344 e. The van der Waals surface area contributed by atoms with Crippen molar-refractivity contribution in [2.24, 2.45) is 0 Å². The van der Waals surface area contributed by atoms with E-state index in [1.54, 1.807) is 48.0 Å². The molecule has 3 aromatic rings. The first-order valence-electron chi connectivity index (χ1n) is 11.2. The molecule has 184 valence electrons. The highest BCUT2D eigenvalue weighted by Crippen LogP contribution is 2.21. The molecular formula is C26H29N3O6. The van der Waals surface area contributed by atoms with Gasteiger partial charge < -0.3 is 19.5 Å². The summed E-state index contributed by atoms with van der Waals surface area (Å²) < 4.78 is 16.8. The molecule has 0 unspecified atom stereocenters. The van der Waals surface area contributed by atoms with Crippen LogP contribution >= 0.6 is 0 Å². The Labute approximate surface area is 204 Å². The zero-order valence-corrected chi connectivity index (χ0v) is 20.3. The minimum atomic E-state index is -0.458. The number of hydrogen-bond donors (Lipinski definition) is 1. The van der Waals surface area contributed by atoms with E-state index in [9.17, 15) is 14.4 Å². The third kappa shape index (κ3) is 6.69. The molecule has 0 saturated carbocycles. The Hall–Kier alpha value is -4.14. The molecule has 0 aliphatic carbocycles. The van der Waals surface area contributed by atoms with Crippen molar-refractivity contribution in [3.63, 3.8) is 0 Å². The van der Waals surface area contributed by atoms with Gasteiger partial charge in [-0.2, -0.15) is 5.10 Å². The van der Waals surface area contributed by atoms with Crippen molar-refractivity contribution in [3.8, 4) is 11.4 Å². The van der Waals surface area contributed by atoms with E-state index < -0.39 is 5.97 Å². The molecule has 3 rings (SSSR count). The maximum absolute atomic E-state index is 12.7. The molecule has 0 fully saturated rings. The number of methoxy groups -OCH3 is 1. The van der Waals surface area contributed by atoms with Gasteiger partial charge in [0.15, 0.2) is 6.61 Å². The van der Waals surface area contributed by atoms with Crippen LogP contribution in [0.2, 0.25) is 0 Å². The number of carbonyl (C=O) groups is 3. The predicted octanol–water partition coefficient (Wildman–Crippen LogP) is 3.79. The van der Waals surface area contributed by atoms with Crippen molar-refractivity contribution < 1.29 is 28.6 Å². The van der Waals surface area contributed by atoms with Crippen LogP contribution in [0.15, 0.2) is 48.5 Å². The van der Waals surface area contributed by atoms with Crippen molar-refractivity contribution in [1.29, 1.82) is 0 Å². The van der Waals surface area contributed by atoms with E-state index in [1.807, 2.05) is 26.0 Å². The molecule has 0 spiro atoms. The van der Waals surface area contributed by atoms with Crippen LogP contribution < -0.4 is 10.1 Å². The fourth-order valence-electron chi connectivity index (χ4n) is 3.58. The zero-order valence-electron chi connectivity index (χ0n) is 20.3. The number of aromatic nitrogens is 2. The summed E-state index contributed by atoms with van der Waals surface area (Å²) in [5.74, 6) is -0.562. The normalized spacial score (nSPS) is 10.5. The van der Waals surface area contributed by atoms with E-state index in [0.717, 1.165) is 22.6 Å². The smallest absolute Gasteiger partial charge is 0.344 e. The first-order chi connectivity index (χ1) is 16.8. The van der Waals surface area contributed by atoms with Crippen LogP contribution in [0.5, 0.6) is 5.75 Å². The number of hydrogen-bond acceptors (Lipinski definition) is 7. The van der Waals surface area contributed by atoms with Crippen LogP contribution in [0.3, 0.4) is 0 Å². The topological polar surface area (TPSA) is 109 Å². The number of esters is 2. The summed E-state index contributed by atoms with van der Waals surface area (Å²) in [7, 11) is 1.37. The minimum Gasteiger partial charge on any atom is -0.482 e. The number of ether oxygens (including phenoxy) is 3. The molecule has 0 bridgehead atoms. The van der Waals surface area contributed by atoms with Crippen LogP contribution in [-0.4, -0.2) is 47.9 Å². The molecule has 35 heavy (non-hydrogen) atoms. The van der Waals surface area contributed by atoms with Gasteiger partial charge in [-0.15, -0.1) is 0 Å². The predicted molar refractivity (Wildman–Crippen MR) is 130 cm³/mol. The zero-order chi connectivity index (χ0) is 25.4. The second kappa shape index (κ2) is 11.8. The number of nitrogens with one attached hydrogen (secondary N) is 1. The number of amides is 1. The van der Waals surface area contributed by atoms with E-state index in [0.29, 0.717) is 23.4 Å². The number of carbonyl (C=O) groups excluding carboxylic acids is 3. The summed E-state index contributed by atoms with van der Waals surface area (Å²) in [6, 6.07) is 13.9. The minimum absolute atomic E-state index is 0.205. The summed E-state index contributed by atoms with van der Waals surface area (Å²) in [6.45, 7) is 5.66. The van der Waals surface area contributed by atoms with Gasteiger partial charge in [0.1, 0.15) is 5.75 Å². The summed E-state index contributed by atoms with van der Waals surface area (Å²) in [4.78, 5) is 35.7. The highest BCUT2D eigenvalue weighted by Gasteiger charge is 2.15. The van der Waals surface area contributed by atoms with Crippen molar-refractivity contribution in [1.82, 2.24) is 9.78 Å². The van der Waals surface area contributed by atoms with Crippen LogP contribution in [0.1, 0.15) is 40.7 Å². The Balaban J connectivity index is 1.66. The van der Waals surface area contributed by atoms with Gasteiger partial charge in [0.2, 0.25) is 0 Å². The van der Waals surface area contributed by atoms with Crippen LogP contribution in [-0.2, 0) is 25.5 Å². The Morgan fingerprint density at radius 3 is 2.46 bits per heavy atom. The van der Waals surface area contributed by atoms with E-state index in [2.05, 4.69) is 10.4 Å². The second-order valence-electron chi connectivity index (χ2n) is 7.76. The first-order valence-corrected chi connectivity index (χ1v) is 11.2. The van der Waals surface area contributed by atoms with Gasteiger partial charge >= 0.3 is 11.9 Å². The number of benzene rings is 2. The highest BCUT2D eigenvalue weighted by atomic mass is 16.6. The number of rotatable bonds is 10. The Morgan fingerprint density at radius 1 is 1.03 bits per heavy atom. The molecule has 0 aliphatic rings. The van der Waals surface area contributed by atoms with Gasteiger partial charge in [0, 0.05) is 29.4 Å². The van der Waals surface area contributed by atoms with E-state index in [4.69, 9.17) is 14.2 Å². The van der Waals surface area contributed by atoms with Gasteiger partial charge in [-0.05, 0) is 69.2 Å². The maximum atomic E-state index is 12.7. The molecule has 1 heterocycles. The summed E-state index contributed by atoms with van der Waals surface area (Å²) in [5.41, 5.74) is 4.60. The molecular weight excluding hydrogens is 450 g/mol. The lowest BCUT2D eigenvalue weighted by molar-refractivity contribution is -0.145. The number of aryl methyl sites for hydroxylation is 1. The van der Waals surface area contributed by atoms with Gasteiger partial charge in [0.25, 0.3) is 5.91 Å². The first kappa shape index (κ1) is 25.5. The molecule has 9 nitrogen and oxygen atoms in total. The second-order valence-corrected chi connectivity index (χ2v) is 7.76. The van der Waals surface area contributed by atoms with E-state index in [-0.39, 0.29) is 31.5 Å². The Bertz CT molecular complexity index is 1200.